The predicted molar refractivity (Wildman–Crippen MR) is 69.4 cm³/mol. The average Bonchev–Trinajstić information content (AvgIpc) is 2.74. The van der Waals surface area contributed by atoms with Crippen LogP contribution in [0.5, 0.6) is 0 Å². The van der Waals surface area contributed by atoms with E-state index in [1.165, 1.54) is 6.07 Å². The number of halogens is 1. The van der Waals surface area contributed by atoms with Crippen LogP contribution in [0.1, 0.15) is 11.1 Å². The van der Waals surface area contributed by atoms with Gasteiger partial charge in [-0.15, -0.1) is 0 Å². The lowest BCUT2D eigenvalue weighted by molar-refractivity contribution is 0.767. The molecule has 1 N–H and O–H groups in total. The summed E-state index contributed by atoms with van der Waals surface area (Å²) >= 11 is 5.81. The molecule has 0 aromatic carbocycles. The van der Waals surface area contributed by atoms with Gasteiger partial charge in [-0.3, -0.25) is 4.68 Å². The van der Waals surface area contributed by atoms with E-state index in [2.05, 4.69) is 15.4 Å². The van der Waals surface area contributed by atoms with Gasteiger partial charge in [-0.1, -0.05) is 11.6 Å². The molecule has 0 amide bonds. The fourth-order valence-corrected chi connectivity index (χ4v) is 1.80. The molecule has 2 rings (SSSR count). The highest BCUT2D eigenvalue weighted by atomic mass is 35.5. The third-order valence-electron chi connectivity index (χ3n) is 2.40. The highest BCUT2D eigenvalue weighted by Gasteiger charge is 2.01. The molecule has 0 unspecified atom stereocenters. The third kappa shape index (κ3) is 3.22. The van der Waals surface area contributed by atoms with Crippen molar-refractivity contribution >= 4 is 17.4 Å². The Labute approximate surface area is 110 Å². The fourth-order valence-electron chi connectivity index (χ4n) is 1.59. The summed E-state index contributed by atoms with van der Waals surface area (Å²) < 4.78 is 1.76. The van der Waals surface area contributed by atoms with Crippen LogP contribution in [0.25, 0.3) is 0 Å². The molecule has 0 bridgehead atoms. The highest BCUT2D eigenvalue weighted by molar-refractivity contribution is 6.29. The summed E-state index contributed by atoms with van der Waals surface area (Å²) in [7, 11) is 1.88. The zero-order chi connectivity index (χ0) is 13.0. The van der Waals surface area contributed by atoms with Crippen LogP contribution in [-0.2, 0) is 13.5 Å². The molecule has 5 nitrogen and oxygen atoms in total. The molecule has 0 aliphatic heterocycles. The van der Waals surface area contributed by atoms with Gasteiger partial charge >= 0.3 is 0 Å². The number of anilines is 1. The molecule has 2 aromatic heterocycles. The Morgan fingerprint density at radius 2 is 2.33 bits per heavy atom. The molecule has 2 aromatic rings. The zero-order valence-corrected chi connectivity index (χ0v) is 10.6. The summed E-state index contributed by atoms with van der Waals surface area (Å²) in [4.78, 5) is 4.10. The standard InChI is InChI=1S/C12H12ClN5/c1-18-8-9(7-16-18)2-3-15-12-5-10(6-14)4-11(13)17-12/h4-5,7-8H,2-3H2,1H3,(H,15,17). The van der Waals surface area contributed by atoms with Crippen molar-refractivity contribution in [1.82, 2.24) is 14.8 Å². The van der Waals surface area contributed by atoms with E-state index in [1.54, 1.807) is 10.7 Å². The molecule has 92 valence electrons. The van der Waals surface area contributed by atoms with Gasteiger partial charge in [-0.2, -0.15) is 10.4 Å². The van der Waals surface area contributed by atoms with E-state index in [1.807, 2.05) is 25.5 Å². The minimum absolute atomic E-state index is 0.318. The zero-order valence-electron chi connectivity index (χ0n) is 9.89. The van der Waals surface area contributed by atoms with Gasteiger partial charge in [0, 0.05) is 19.8 Å². The first-order chi connectivity index (χ1) is 8.67. The monoisotopic (exact) mass is 261 g/mol. The smallest absolute Gasteiger partial charge is 0.132 e. The number of pyridine rings is 1. The van der Waals surface area contributed by atoms with Gasteiger partial charge in [0.2, 0.25) is 0 Å². The summed E-state index contributed by atoms with van der Waals surface area (Å²) in [6, 6.07) is 5.25. The molecule has 0 saturated heterocycles. The highest BCUT2D eigenvalue weighted by Crippen LogP contribution is 2.13. The van der Waals surface area contributed by atoms with Crippen LogP contribution in [0, 0.1) is 11.3 Å². The maximum atomic E-state index is 8.82. The second-order valence-corrected chi connectivity index (χ2v) is 4.26. The maximum absolute atomic E-state index is 8.82. The number of rotatable bonds is 4. The number of nitrogens with one attached hydrogen (secondary N) is 1. The van der Waals surface area contributed by atoms with Crippen molar-refractivity contribution in [3.8, 4) is 6.07 Å². The van der Waals surface area contributed by atoms with Crippen molar-refractivity contribution in [3.05, 3.63) is 40.8 Å². The topological polar surface area (TPSA) is 66.5 Å². The lowest BCUT2D eigenvalue weighted by Gasteiger charge is -2.05. The normalized spacial score (nSPS) is 10.1. The van der Waals surface area contributed by atoms with Gasteiger partial charge < -0.3 is 5.32 Å². The number of aromatic nitrogens is 3. The van der Waals surface area contributed by atoms with Crippen molar-refractivity contribution in [3.63, 3.8) is 0 Å². The average molecular weight is 262 g/mol. The molecule has 0 radical (unpaired) electrons. The number of aryl methyl sites for hydroxylation is 1. The second-order valence-electron chi connectivity index (χ2n) is 3.87. The SMILES string of the molecule is Cn1cc(CCNc2cc(C#N)cc(Cl)n2)cn1. The molecule has 2 heterocycles. The Morgan fingerprint density at radius 1 is 1.50 bits per heavy atom. The van der Waals surface area contributed by atoms with E-state index in [0.717, 1.165) is 12.0 Å². The van der Waals surface area contributed by atoms with E-state index < -0.39 is 0 Å². The molecule has 6 heteroatoms. The van der Waals surface area contributed by atoms with E-state index in [-0.39, 0.29) is 0 Å². The van der Waals surface area contributed by atoms with E-state index in [0.29, 0.717) is 23.1 Å². The number of nitriles is 1. The molecule has 0 fully saturated rings. The first-order valence-corrected chi connectivity index (χ1v) is 5.84. The van der Waals surface area contributed by atoms with Gasteiger partial charge in [0.05, 0.1) is 17.8 Å². The third-order valence-corrected chi connectivity index (χ3v) is 2.59. The summed E-state index contributed by atoms with van der Waals surface area (Å²) in [5, 5.41) is 16.4. The Balaban J connectivity index is 1.94. The lowest BCUT2D eigenvalue weighted by Crippen LogP contribution is -2.06. The van der Waals surface area contributed by atoms with Crippen molar-refractivity contribution in [2.24, 2.45) is 7.05 Å². The maximum Gasteiger partial charge on any atom is 0.132 e. The summed E-state index contributed by atoms with van der Waals surface area (Å²) in [5.41, 5.74) is 1.64. The molecular weight excluding hydrogens is 250 g/mol. The van der Waals surface area contributed by atoms with Crippen LogP contribution >= 0.6 is 11.6 Å². The summed E-state index contributed by atoms with van der Waals surface area (Å²) in [5.74, 6) is 0.614. The molecule has 0 spiro atoms. The summed E-state index contributed by atoms with van der Waals surface area (Å²) in [6.07, 6.45) is 4.63. The minimum Gasteiger partial charge on any atom is -0.370 e. The number of hydrogen-bond donors (Lipinski definition) is 1. The molecule has 18 heavy (non-hydrogen) atoms. The van der Waals surface area contributed by atoms with Crippen LogP contribution in [0.2, 0.25) is 5.15 Å². The molecule has 0 atom stereocenters. The van der Waals surface area contributed by atoms with Crippen LogP contribution in [0.4, 0.5) is 5.82 Å². The minimum atomic E-state index is 0.318. The number of hydrogen-bond acceptors (Lipinski definition) is 4. The Kier molecular flexibility index (Phi) is 3.80. The first-order valence-electron chi connectivity index (χ1n) is 5.46. The summed E-state index contributed by atoms with van der Waals surface area (Å²) in [6.45, 7) is 0.712. The largest absolute Gasteiger partial charge is 0.370 e. The van der Waals surface area contributed by atoms with Crippen molar-refractivity contribution < 1.29 is 0 Å². The van der Waals surface area contributed by atoms with Crippen molar-refractivity contribution in [2.45, 2.75) is 6.42 Å². The van der Waals surface area contributed by atoms with Gasteiger partial charge in [-0.25, -0.2) is 4.98 Å². The van der Waals surface area contributed by atoms with Gasteiger partial charge in [-0.05, 0) is 24.1 Å². The van der Waals surface area contributed by atoms with Gasteiger partial charge in [0.15, 0.2) is 0 Å². The van der Waals surface area contributed by atoms with E-state index in [4.69, 9.17) is 16.9 Å². The second kappa shape index (κ2) is 5.52. The van der Waals surface area contributed by atoms with E-state index >= 15 is 0 Å². The molecule has 0 saturated carbocycles. The Morgan fingerprint density at radius 3 is 3.00 bits per heavy atom. The van der Waals surface area contributed by atoms with Crippen LogP contribution in [0.3, 0.4) is 0 Å². The first kappa shape index (κ1) is 12.4. The molecule has 0 aliphatic rings. The van der Waals surface area contributed by atoms with Gasteiger partial charge in [0.1, 0.15) is 11.0 Å². The Bertz CT molecular complexity index is 584. The fraction of sp³-hybridized carbons (Fsp3) is 0.250. The number of nitrogens with zero attached hydrogens (tertiary/aromatic N) is 4. The lowest BCUT2D eigenvalue weighted by atomic mass is 10.2. The Hall–Kier alpha value is -2.06. The van der Waals surface area contributed by atoms with Crippen molar-refractivity contribution in [2.75, 3.05) is 11.9 Å². The van der Waals surface area contributed by atoms with Crippen molar-refractivity contribution in [1.29, 1.82) is 5.26 Å². The van der Waals surface area contributed by atoms with Crippen LogP contribution in [0.15, 0.2) is 24.5 Å². The van der Waals surface area contributed by atoms with Crippen LogP contribution in [-0.4, -0.2) is 21.3 Å². The van der Waals surface area contributed by atoms with E-state index in [9.17, 15) is 0 Å². The van der Waals surface area contributed by atoms with Gasteiger partial charge in [0.25, 0.3) is 0 Å². The quantitative estimate of drug-likeness (QED) is 0.855. The molecular formula is C12H12ClN5. The van der Waals surface area contributed by atoms with Crippen LogP contribution < -0.4 is 5.32 Å². The molecule has 0 aliphatic carbocycles. The predicted octanol–water partition coefficient (Wildman–Crippen LogP) is 1.99.